The van der Waals surface area contributed by atoms with Gasteiger partial charge in [-0.1, -0.05) is 12.8 Å². The molecule has 4 atom stereocenters. The van der Waals surface area contributed by atoms with Crippen molar-refractivity contribution in [2.45, 2.75) is 82.1 Å². The number of hydrogen-bond acceptors (Lipinski definition) is 4. The molecule has 2 saturated heterocycles. The Morgan fingerprint density at radius 3 is 2.86 bits per heavy atom. The van der Waals surface area contributed by atoms with Crippen molar-refractivity contribution in [2.24, 2.45) is 5.41 Å². The second-order valence-electron chi connectivity index (χ2n) is 7.86. The molecule has 0 aromatic heterocycles. The average Bonchev–Trinajstić information content (AvgIpc) is 3.18. The molecule has 2 spiro atoms. The number of nitrogens with one attached hydrogen (secondary N) is 1. The zero-order chi connectivity index (χ0) is 15.0. The summed E-state index contributed by atoms with van der Waals surface area (Å²) in [5, 5.41) is 4.06. The largest absolute Gasteiger partial charge is 0.378 e. The normalized spacial score (nSPS) is 43.8. The summed E-state index contributed by atoms with van der Waals surface area (Å²) in [5.41, 5.74) is 0.665. The van der Waals surface area contributed by atoms with Crippen LogP contribution in [-0.2, 0) is 9.47 Å². The van der Waals surface area contributed by atoms with Gasteiger partial charge in [-0.3, -0.25) is 0 Å². The van der Waals surface area contributed by atoms with Gasteiger partial charge in [0, 0.05) is 36.5 Å². The molecule has 0 amide bonds. The maximum absolute atomic E-state index is 6.18. The summed E-state index contributed by atoms with van der Waals surface area (Å²) in [5.74, 6) is 2.50. The zero-order valence-corrected chi connectivity index (χ0v) is 14.8. The Bertz CT molecular complexity index is 391. The molecule has 0 bridgehead atoms. The van der Waals surface area contributed by atoms with Crippen molar-refractivity contribution in [3.05, 3.63) is 0 Å². The molecular weight excluding hydrogens is 294 g/mol. The highest BCUT2D eigenvalue weighted by atomic mass is 32.2. The molecule has 4 fully saturated rings. The van der Waals surface area contributed by atoms with Crippen molar-refractivity contribution in [1.29, 1.82) is 0 Å². The van der Waals surface area contributed by atoms with Gasteiger partial charge in [0.1, 0.15) is 0 Å². The predicted octanol–water partition coefficient (Wildman–Crippen LogP) is 3.37. The molecule has 2 heterocycles. The number of hydrogen-bond donors (Lipinski definition) is 1. The van der Waals surface area contributed by atoms with E-state index in [4.69, 9.17) is 9.47 Å². The molecule has 22 heavy (non-hydrogen) atoms. The van der Waals surface area contributed by atoms with Crippen LogP contribution in [0.25, 0.3) is 0 Å². The van der Waals surface area contributed by atoms with Crippen molar-refractivity contribution >= 4 is 11.8 Å². The number of rotatable bonds is 4. The van der Waals surface area contributed by atoms with E-state index in [1.807, 2.05) is 0 Å². The fourth-order valence-electron chi connectivity index (χ4n) is 5.44. The highest BCUT2D eigenvalue weighted by Gasteiger charge is 2.57. The van der Waals surface area contributed by atoms with E-state index in [2.05, 4.69) is 24.0 Å². The first-order valence-corrected chi connectivity index (χ1v) is 10.5. The van der Waals surface area contributed by atoms with E-state index >= 15 is 0 Å². The van der Waals surface area contributed by atoms with Gasteiger partial charge in [0.2, 0.25) is 0 Å². The molecule has 2 aliphatic heterocycles. The molecule has 0 radical (unpaired) electrons. The fraction of sp³-hybridized carbons (Fsp3) is 1.00. The van der Waals surface area contributed by atoms with Gasteiger partial charge >= 0.3 is 0 Å². The summed E-state index contributed by atoms with van der Waals surface area (Å²) < 4.78 is 12.2. The van der Waals surface area contributed by atoms with Gasteiger partial charge < -0.3 is 14.8 Å². The lowest BCUT2D eigenvalue weighted by Gasteiger charge is -2.56. The molecule has 126 valence electrons. The third kappa shape index (κ3) is 2.64. The van der Waals surface area contributed by atoms with Gasteiger partial charge in [0.05, 0.1) is 11.7 Å². The quantitative estimate of drug-likeness (QED) is 0.858. The van der Waals surface area contributed by atoms with Crippen molar-refractivity contribution in [3.63, 3.8) is 0 Å². The summed E-state index contributed by atoms with van der Waals surface area (Å²) in [7, 11) is 0. The average molecular weight is 326 g/mol. The summed E-state index contributed by atoms with van der Waals surface area (Å²) >= 11 is 2.07. The lowest BCUT2D eigenvalue weighted by Crippen LogP contribution is -2.65. The Morgan fingerprint density at radius 2 is 2.14 bits per heavy atom. The van der Waals surface area contributed by atoms with E-state index in [-0.39, 0.29) is 5.60 Å². The third-order valence-electron chi connectivity index (χ3n) is 6.68. The van der Waals surface area contributed by atoms with E-state index in [9.17, 15) is 0 Å². The van der Waals surface area contributed by atoms with Gasteiger partial charge in [-0.2, -0.15) is 11.8 Å². The second kappa shape index (κ2) is 6.27. The molecule has 4 rings (SSSR count). The number of thioether (sulfide) groups is 1. The van der Waals surface area contributed by atoms with Crippen molar-refractivity contribution in [2.75, 3.05) is 24.7 Å². The SMILES string of the molecule is CCO[C@@H]1C[C@H](N[C@H]2CCO[C@]3(CCSC3)C2)C12CCCC2. The maximum atomic E-state index is 6.18. The topological polar surface area (TPSA) is 30.5 Å². The highest BCUT2D eigenvalue weighted by Crippen LogP contribution is 2.55. The monoisotopic (exact) mass is 325 g/mol. The smallest absolute Gasteiger partial charge is 0.0795 e. The van der Waals surface area contributed by atoms with Crippen LogP contribution in [0.4, 0.5) is 0 Å². The van der Waals surface area contributed by atoms with Crippen LogP contribution in [0.1, 0.15) is 58.3 Å². The highest BCUT2D eigenvalue weighted by molar-refractivity contribution is 7.99. The van der Waals surface area contributed by atoms with Crippen LogP contribution in [0.5, 0.6) is 0 Å². The van der Waals surface area contributed by atoms with Gasteiger partial charge in [-0.05, 0) is 51.2 Å². The molecule has 0 aromatic carbocycles. The van der Waals surface area contributed by atoms with Gasteiger partial charge in [0.15, 0.2) is 0 Å². The van der Waals surface area contributed by atoms with E-state index in [0.717, 1.165) is 13.2 Å². The first-order valence-electron chi connectivity index (χ1n) is 9.36. The molecule has 0 aromatic rings. The predicted molar refractivity (Wildman–Crippen MR) is 91.5 cm³/mol. The first-order chi connectivity index (χ1) is 10.8. The van der Waals surface area contributed by atoms with Crippen molar-refractivity contribution in [1.82, 2.24) is 5.32 Å². The van der Waals surface area contributed by atoms with Gasteiger partial charge in [0.25, 0.3) is 0 Å². The third-order valence-corrected chi connectivity index (χ3v) is 7.91. The summed E-state index contributed by atoms with van der Waals surface area (Å²) in [6.45, 7) is 3.97. The minimum absolute atomic E-state index is 0.201. The molecule has 2 saturated carbocycles. The molecule has 1 N–H and O–H groups in total. The summed E-state index contributed by atoms with van der Waals surface area (Å²) in [6, 6.07) is 1.36. The van der Waals surface area contributed by atoms with Gasteiger partial charge in [-0.25, -0.2) is 0 Å². The van der Waals surface area contributed by atoms with Crippen LogP contribution in [-0.4, -0.2) is 48.5 Å². The van der Waals surface area contributed by atoms with E-state index in [1.54, 1.807) is 0 Å². The second-order valence-corrected chi connectivity index (χ2v) is 8.97. The molecule has 0 unspecified atom stereocenters. The lowest BCUT2D eigenvalue weighted by atomic mass is 9.60. The van der Waals surface area contributed by atoms with Crippen LogP contribution in [0, 0.1) is 5.41 Å². The minimum Gasteiger partial charge on any atom is -0.378 e. The van der Waals surface area contributed by atoms with Crippen LogP contribution < -0.4 is 5.32 Å². The Labute approximate surface area is 139 Å². The van der Waals surface area contributed by atoms with Gasteiger partial charge in [-0.15, -0.1) is 0 Å². The summed E-state index contributed by atoms with van der Waals surface area (Å²) in [4.78, 5) is 0. The first kappa shape index (κ1) is 15.7. The standard InChI is InChI=1S/C18H31NO2S/c1-2-20-16-11-15(18(16)6-3-4-7-18)19-14-5-9-21-17(12-14)8-10-22-13-17/h14-16,19H,2-13H2,1H3/t14-,15-,16+,17+/m0/s1. The summed E-state index contributed by atoms with van der Waals surface area (Å²) in [6.07, 6.45) is 11.0. The van der Waals surface area contributed by atoms with Crippen molar-refractivity contribution in [3.8, 4) is 0 Å². The molecule has 4 aliphatic rings. The zero-order valence-electron chi connectivity index (χ0n) is 13.9. The van der Waals surface area contributed by atoms with Crippen molar-refractivity contribution < 1.29 is 9.47 Å². The number of ether oxygens (including phenoxy) is 2. The van der Waals surface area contributed by atoms with Crippen LogP contribution in [0.2, 0.25) is 0 Å². The molecule has 4 heteroatoms. The van der Waals surface area contributed by atoms with Crippen LogP contribution >= 0.6 is 11.8 Å². The Morgan fingerprint density at radius 1 is 1.27 bits per heavy atom. The van der Waals surface area contributed by atoms with E-state index in [0.29, 0.717) is 23.6 Å². The Balaban J connectivity index is 1.38. The van der Waals surface area contributed by atoms with Crippen LogP contribution in [0.15, 0.2) is 0 Å². The fourth-order valence-corrected chi connectivity index (χ4v) is 6.82. The molecule has 2 aliphatic carbocycles. The van der Waals surface area contributed by atoms with E-state index < -0.39 is 0 Å². The molecule has 3 nitrogen and oxygen atoms in total. The minimum atomic E-state index is 0.201. The maximum Gasteiger partial charge on any atom is 0.0795 e. The Kier molecular flexibility index (Phi) is 4.48. The lowest BCUT2D eigenvalue weighted by molar-refractivity contribution is -0.139. The molecular formula is C18H31NO2S. The van der Waals surface area contributed by atoms with Crippen LogP contribution in [0.3, 0.4) is 0 Å². The Hall–Kier alpha value is 0.230. The van der Waals surface area contributed by atoms with E-state index in [1.165, 1.54) is 62.9 Å².